The molecule has 1 aromatic carbocycles. The van der Waals surface area contributed by atoms with Gasteiger partial charge in [0.25, 0.3) is 0 Å². The fourth-order valence-electron chi connectivity index (χ4n) is 0.885. The second kappa shape index (κ2) is 22.3. The van der Waals surface area contributed by atoms with E-state index in [1.165, 1.54) is 5.56 Å². The van der Waals surface area contributed by atoms with Gasteiger partial charge in [0.2, 0.25) is 0 Å². The van der Waals surface area contributed by atoms with Crippen LogP contribution in [-0.2, 0) is 9.47 Å². The highest BCUT2D eigenvalue weighted by Crippen LogP contribution is 2.06. The largest absolute Gasteiger partial charge is 0.382 e. The van der Waals surface area contributed by atoms with Gasteiger partial charge in [-0.15, -0.1) is 0 Å². The van der Waals surface area contributed by atoms with Gasteiger partial charge in [-0.05, 0) is 6.92 Å². The Morgan fingerprint density at radius 3 is 1.58 bits per heavy atom. The Labute approximate surface area is 121 Å². The van der Waals surface area contributed by atoms with Crippen LogP contribution >= 0.6 is 0 Å². The van der Waals surface area contributed by atoms with E-state index >= 15 is 0 Å². The van der Waals surface area contributed by atoms with Crippen LogP contribution in [-0.4, -0.2) is 26.4 Å². The molecule has 0 spiro atoms. The lowest BCUT2D eigenvalue weighted by Gasteiger charge is -1.84. The summed E-state index contributed by atoms with van der Waals surface area (Å²) in [6.07, 6.45) is 0.426. The second-order valence-corrected chi connectivity index (χ2v) is 3.07. The molecule has 2 rings (SSSR count). The monoisotopic (exact) mass is 270 g/mol. The molecule has 1 aliphatic rings. The lowest BCUT2D eigenvalue weighted by atomic mass is 10.2. The van der Waals surface area contributed by atoms with Gasteiger partial charge in [0.1, 0.15) is 6.10 Å². The van der Waals surface area contributed by atoms with Crippen molar-refractivity contribution in [2.45, 2.75) is 54.6 Å². The summed E-state index contributed by atoms with van der Waals surface area (Å²) in [6.45, 7) is 15.7. The molecule has 0 N–H and O–H groups in total. The molecule has 0 aromatic heterocycles. The Balaban J connectivity index is -0.000000195. The molecule has 0 amide bonds. The van der Waals surface area contributed by atoms with E-state index in [2.05, 4.69) is 19.1 Å². The number of hydrogen-bond acceptors (Lipinski definition) is 2. The topological polar surface area (TPSA) is 21.8 Å². The number of rotatable bonds is 2. The van der Waals surface area contributed by atoms with E-state index in [1.807, 2.05) is 59.7 Å². The first-order valence-corrected chi connectivity index (χ1v) is 7.45. The lowest BCUT2D eigenvalue weighted by molar-refractivity contribution is 0.171. The van der Waals surface area contributed by atoms with Gasteiger partial charge in [0, 0.05) is 7.11 Å². The van der Waals surface area contributed by atoms with Crippen molar-refractivity contribution in [1.82, 2.24) is 0 Å². The van der Waals surface area contributed by atoms with Crippen molar-refractivity contribution < 1.29 is 9.47 Å². The molecule has 0 saturated carbocycles. The van der Waals surface area contributed by atoms with Crippen LogP contribution in [0.25, 0.3) is 0 Å². The third-order valence-corrected chi connectivity index (χ3v) is 1.70. The molecule has 0 bridgehead atoms. The highest BCUT2D eigenvalue weighted by atomic mass is 16.6. The number of methoxy groups -OCH3 is 1. The van der Waals surface area contributed by atoms with Crippen molar-refractivity contribution in [3.8, 4) is 0 Å². The van der Waals surface area contributed by atoms with Crippen molar-refractivity contribution in [1.29, 1.82) is 0 Å². The molecule has 1 fully saturated rings. The van der Waals surface area contributed by atoms with Crippen LogP contribution in [0.4, 0.5) is 0 Å². The summed E-state index contributed by atoms with van der Waals surface area (Å²) in [4.78, 5) is 0. The van der Waals surface area contributed by atoms with Crippen LogP contribution in [0, 0.1) is 6.92 Å². The Morgan fingerprint density at radius 1 is 1.00 bits per heavy atom. The van der Waals surface area contributed by atoms with Crippen molar-refractivity contribution in [3.63, 3.8) is 0 Å². The van der Waals surface area contributed by atoms with Crippen LogP contribution < -0.4 is 0 Å². The molecular weight excluding hydrogens is 236 g/mol. The summed E-state index contributed by atoms with van der Waals surface area (Å²) in [5.41, 5.74) is 1.32. The number of benzene rings is 1. The normalized spacial score (nSPS) is 13.8. The zero-order chi connectivity index (χ0) is 15.5. The molecule has 0 aliphatic carbocycles. The zero-order valence-electron chi connectivity index (χ0n) is 14.2. The fraction of sp³-hybridized carbons (Fsp3) is 0.647. The van der Waals surface area contributed by atoms with Gasteiger partial charge < -0.3 is 9.47 Å². The molecule has 1 aliphatic heterocycles. The summed E-state index contributed by atoms with van der Waals surface area (Å²) in [6, 6.07) is 10.3. The zero-order valence-corrected chi connectivity index (χ0v) is 14.2. The molecule has 2 nitrogen and oxygen atoms in total. The van der Waals surface area contributed by atoms with Crippen LogP contribution in [0.15, 0.2) is 30.3 Å². The Hall–Kier alpha value is -0.860. The van der Waals surface area contributed by atoms with Gasteiger partial charge in [-0.25, -0.2) is 0 Å². The van der Waals surface area contributed by atoms with Gasteiger partial charge in [-0.3, -0.25) is 0 Å². The molecule has 19 heavy (non-hydrogen) atoms. The van der Waals surface area contributed by atoms with Crippen molar-refractivity contribution in [2.24, 2.45) is 0 Å². The standard InChI is InChI=1S/C7H8.C4H8O2.3C2H6/c1-7-5-3-2-4-6-7;1-5-2-4-3-6-4;3*1-2/h2-6H,1H3;4H,2-3H2,1H3;3*1-2H3. The van der Waals surface area contributed by atoms with Crippen molar-refractivity contribution in [3.05, 3.63) is 35.9 Å². The first kappa shape index (κ1) is 23.2. The smallest absolute Gasteiger partial charge is 0.104 e. The third-order valence-electron chi connectivity index (χ3n) is 1.70. The van der Waals surface area contributed by atoms with Gasteiger partial charge in [-0.2, -0.15) is 0 Å². The predicted octanol–water partition coefficient (Wildman–Crippen LogP) is 5.11. The third kappa shape index (κ3) is 22.8. The summed E-state index contributed by atoms with van der Waals surface area (Å²) in [5, 5.41) is 0. The number of epoxide rings is 1. The molecule has 1 heterocycles. The molecule has 1 unspecified atom stereocenters. The lowest BCUT2D eigenvalue weighted by Crippen LogP contribution is -1.94. The molecule has 1 saturated heterocycles. The predicted molar refractivity (Wildman–Crippen MR) is 86.8 cm³/mol. The van der Waals surface area contributed by atoms with E-state index in [4.69, 9.17) is 9.47 Å². The van der Waals surface area contributed by atoms with E-state index in [-0.39, 0.29) is 0 Å². The SMILES string of the molecule is CC.CC.CC.COCC1CO1.Cc1ccccc1. The molecule has 0 radical (unpaired) electrons. The maximum absolute atomic E-state index is 4.82. The molecular formula is C17H34O2. The van der Waals surface area contributed by atoms with Crippen LogP contribution in [0.5, 0.6) is 0 Å². The number of aryl methyl sites for hydroxylation is 1. The van der Waals surface area contributed by atoms with E-state index in [0.717, 1.165) is 13.2 Å². The fourth-order valence-corrected chi connectivity index (χ4v) is 0.885. The summed E-state index contributed by atoms with van der Waals surface area (Å²) >= 11 is 0. The summed E-state index contributed by atoms with van der Waals surface area (Å²) < 4.78 is 9.56. The molecule has 2 heteroatoms. The minimum atomic E-state index is 0.426. The van der Waals surface area contributed by atoms with E-state index < -0.39 is 0 Å². The average Bonchev–Trinajstić information content (AvgIpc) is 3.31. The van der Waals surface area contributed by atoms with Gasteiger partial charge >= 0.3 is 0 Å². The first-order chi connectivity index (χ1) is 9.33. The minimum Gasteiger partial charge on any atom is -0.382 e. The quantitative estimate of drug-likeness (QED) is 0.697. The van der Waals surface area contributed by atoms with Crippen molar-refractivity contribution in [2.75, 3.05) is 20.3 Å². The highest BCUT2D eigenvalue weighted by molar-refractivity contribution is 5.11. The Bertz CT molecular complexity index is 218. The molecule has 114 valence electrons. The highest BCUT2D eigenvalue weighted by Gasteiger charge is 2.21. The Kier molecular flexibility index (Phi) is 27.3. The van der Waals surface area contributed by atoms with Crippen molar-refractivity contribution >= 4 is 0 Å². The first-order valence-electron chi connectivity index (χ1n) is 7.45. The van der Waals surface area contributed by atoms with E-state index in [1.54, 1.807) is 7.11 Å². The summed E-state index contributed by atoms with van der Waals surface area (Å²) in [7, 11) is 1.68. The van der Waals surface area contributed by atoms with Gasteiger partial charge in [-0.1, -0.05) is 77.4 Å². The van der Waals surface area contributed by atoms with E-state index in [9.17, 15) is 0 Å². The maximum atomic E-state index is 4.82. The van der Waals surface area contributed by atoms with Gasteiger partial charge in [0.05, 0.1) is 13.2 Å². The summed E-state index contributed by atoms with van der Waals surface area (Å²) in [5.74, 6) is 0. The van der Waals surface area contributed by atoms with Crippen LogP contribution in [0.1, 0.15) is 47.1 Å². The van der Waals surface area contributed by atoms with E-state index in [0.29, 0.717) is 6.10 Å². The average molecular weight is 270 g/mol. The molecule has 1 atom stereocenters. The number of hydrogen-bond donors (Lipinski definition) is 0. The van der Waals surface area contributed by atoms with Gasteiger partial charge in [0.15, 0.2) is 0 Å². The minimum absolute atomic E-state index is 0.426. The maximum Gasteiger partial charge on any atom is 0.104 e. The number of ether oxygens (including phenoxy) is 2. The van der Waals surface area contributed by atoms with Crippen LogP contribution in [0.2, 0.25) is 0 Å². The molecule has 1 aromatic rings. The Morgan fingerprint density at radius 2 is 1.42 bits per heavy atom. The second-order valence-electron chi connectivity index (χ2n) is 3.07. The van der Waals surface area contributed by atoms with Crippen LogP contribution in [0.3, 0.4) is 0 Å².